The van der Waals surface area contributed by atoms with Gasteiger partial charge in [0.05, 0.1) is 29.5 Å². The van der Waals surface area contributed by atoms with Gasteiger partial charge in [-0.3, -0.25) is 4.72 Å². The van der Waals surface area contributed by atoms with E-state index < -0.39 is 10.0 Å². The average molecular weight is 397 g/mol. The molecule has 1 fully saturated rings. The van der Waals surface area contributed by atoms with E-state index in [-0.39, 0.29) is 4.90 Å². The normalized spacial score (nSPS) is 15.4. The summed E-state index contributed by atoms with van der Waals surface area (Å²) in [6, 6.07) is 14.1. The molecule has 7 heteroatoms. The lowest BCUT2D eigenvalue weighted by molar-refractivity contribution is 0.123. The Morgan fingerprint density at radius 2 is 1.78 bits per heavy atom. The highest BCUT2D eigenvalue weighted by Crippen LogP contribution is 2.29. The maximum atomic E-state index is 12.6. The molecular formula is C16H17BrN2O3S. The number of rotatable bonds is 4. The molecular weight excluding hydrogens is 380 g/mol. The summed E-state index contributed by atoms with van der Waals surface area (Å²) in [4.78, 5) is 2.35. The van der Waals surface area contributed by atoms with Gasteiger partial charge in [0.1, 0.15) is 0 Å². The number of hydrogen-bond acceptors (Lipinski definition) is 4. The fraction of sp³-hybridized carbons (Fsp3) is 0.250. The second kappa shape index (κ2) is 6.90. The van der Waals surface area contributed by atoms with Crippen LogP contribution in [0.4, 0.5) is 11.4 Å². The van der Waals surface area contributed by atoms with E-state index in [1.807, 2.05) is 18.2 Å². The molecule has 0 radical (unpaired) electrons. The molecule has 1 aliphatic heterocycles. The zero-order chi connectivity index (χ0) is 16.3. The molecule has 0 aromatic heterocycles. The van der Waals surface area contributed by atoms with Crippen molar-refractivity contribution in [2.45, 2.75) is 4.90 Å². The first kappa shape index (κ1) is 16.3. The van der Waals surface area contributed by atoms with Crippen LogP contribution in [0.25, 0.3) is 0 Å². The molecule has 0 bridgehead atoms. The smallest absolute Gasteiger partial charge is 0.262 e. The van der Waals surface area contributed by atoms with Crippen LogP contribution in [0.15, 0.2) is 57.9 Å². The number of ether oxygens (including phenoxy) is 1. The third-order valence-electron chi connectivity index (χ3n) is 3.61. The SMILES string of the molecule is O=S(=O)(Nc1ccccc1N1CCOCC1)c1cccc(Br)c1. The Kier molecular flexibility index (Phi) is 4.89. The third kappa shape index (κ3) is 3.85. The lowest BCUT2D eigenvalue weighted by Crippen LogP contribution is -2.36. The number of halogens is 1. The maximum Gasteiger partial charge on any atom is 0.262 e. The first-order valence-electron chi connectivity index (χ1n) is 7.26. The molecule has 5 nitrogen and oxygen atoms in total. The Bertz CT molecular complexity index is 789. The summed E-state index contributed by atoms with van der Waals surface area (Å²) in [6.07, 6.45) is 0. The first-order valence-corrected chi connectivity index (χ1v) is 9.54. The summed E-state index contributed by atoms with van der Waals surface area (Å²) in [6.45, 7) is 2.78. The van der Waals surface area contributed by atoms with Crippen LogP contribution < -0.4 is 9.62 Å². The van der Waals surface area contributed by atoms with E-state index in [0.717, 1.165) is 23.2 Å². The van der Waals surface area contributed by atoms with E-state index >= 15 is 0 Å². The molecule has 0 spiro atoms. The summed E-state index contributed by atoms with van der Waals surface area (Å²) in [5.74, 6) is 0. The van der Waals surface area contributed by atoms with Gasteiger partial charge in [0.2, 0.25) is 0 Å². The average Bonchev–Trinajstić information content (AvgIpc) is 2.56. The molecule has 2 aromatic carbocycles. The Morgan fingerprint density at radius 3 is 2.52 bits per heavy atom. The highest BCUT2D eigenvalue weighted by Gasteiger charge is 2.19. The summed E-state index contributed by atoms with van der Waals surface area (Å²) >= 11 is 3.30. The maximum absolute atomic E-state index is 12.6. The van der Waals surface area contributed by atoms with Gasteiger partial charge in [0.15, 0.2) is 0 Å². The van der Waals surface area contributed by atoms with E-state index in [2.05, 4.69) is 25.6 Å². The van der Waals surface area contributed by atoms with Crippen LogP contribution in [-0.2, 0) is 14.8 Å². The van der Waals surface area contributed by atoms with Gasteiger partial charge in [-0.15, -0.1) is 0 Å². The molecule has 1 saturated heterocycles. The van der Waals surface area contributed by atoms with Crippen molar-refractivity contribution in [1.82, 2.24) is 0 Å². The van der Waals surface area contributed by atoms with Crippen molar-refractivity contribution in [2.24, 2.45) is 0 Å². The standard InChI is InChI=1S/C16H17BrN2O3S/c17-13-4-3-5-14(12-13)23(20,21)18-15-6-1-2-7-16(15)19-8-10-22-11-9-19/h1-7,12,18H,8-11H2. The van der Waals surface area contributed by atoms with Gasteiger partial charge in [-0.1, -0.05) is 34.1 Å². The summed E-state index contributed by atoms with van der Waals surface area (Å²) < 4.78 is 34.0. The number of nitrogens with zero attached hydrogens (tertiary/aromatic N) is 1. The number of hydrogen-bond donors (Lipinski definition) is 1. The molecule has 122 valence electrons. The molecule has 2 aromatic rings. The summed E-state index contributed by atoms with van der Waals surface area (Å²) in [5, 5.41) is 0. The number of anilines is 2. The lowest BCUT2D eigenvalue weighted by atomic mass is 10.2. The van der Waals surface area contributed by atoms with E-state index in [1.54, 1.807) is 30.3 Å². The summed E-state index contributed by atoms with van der Waals surface area (Å²) in [7, 11) is -3.63. The molecule has 0 amide bonds. The number of para-hydroxylation sites is 2. The number of sulfonamides is 1. The molecule has 3 rings (SSSR count). The van der Waals surface area contributed by atoms with Gasteiger partial charge in [-0.25, -0.2) is 8.42 Å². The third-order valence-corrected chi connectivity index (χ3v) is 5.46. The molecule has 0 atom stereocenters. The highest BCUT2D eigenvalue weighted by molar-refractivity contribution is 9.10. The van der Waals surface area contributed by atoms with Gasteiger partial charge >= 0.3 is 0 Å². The predicted molar refractivity (Wildman–Crippen MR) is 94.4 cm³/mol. The minimum Gasteiger partial charge on any atom is -0.378 e. The van der Waals surface area contributed by atoms with Crippen molar-refractivity contribution in [3.8, 4) is 0 Å². The van der Waals surface area contributed by atoms with E-state index in [4.69, 9.17) is 4.74 Å². The van der Waals surface area contributed by atoms with Crippen molar-refractivity contribution in [3.05, 3.63) is 53.0 Å². The fourth-order valence-corrected chi connectivity index (χ4v) is 4.15. The molecule has 23 heavy (non-hydrogen) atoms. The van der Waals surface area contributed by atoms with E-state index in [9.17, 15) is 8.42 Å². The van der Waals surface area contributed by atoms with Crippen LogP contribution in [0.5, 0.6) is 0 Å². The quantitative estimate of drug-likeness (QED) is 0.862. The molecule has 0 unspecified atom stereocenters. The van der Waals surface area contributed by atoms with Gasteiger partial charge in [-0.2, -0.15) is 0 Å². The van der Waals surface area contributed by atoms with Crippen molar-refractivity contribution >= 4 is 37.3 Å². The van der Waals surface area contributed by atoms with Crippen LogP contribution in [0, 0.1) is 0 Å². The highest BCUT2D eigenvalue weighted by atomic mass is 79.9. The second-order valence-electron chi connectivity index (χ2n) is 5.18. The zero-order valence-corrected chi connectivity index (χ0v) is 14.8. The van der Waals surface area contributed by atoms with E-state index in [1.165, 1.54) is 0 Å². The van der Waals surface area contributed by atoms with E-state index in [0.29, 0.717) is 18.9 Å². The Labute approximate surface area is 144 Å². The Hall–Kier alpha value is -1.57. The number of morpholine rings is 1. The number of benzene rings is 2. The molecule has 0 aliphatic carbocycles. The lowest BCUT2D eigenvalue weighted by Gasteiger charge is -2.30. The summed E-state index contributed by atoms with van der Waals surface area (Å²) in [5.41, 5.74) is 1.45. The van der Waals surface area contributed by atoms with Gasteiger partial charge < -0.3 is 9.64 Å². The number of nitrogens with one attached hydrogen (secondary N) is 1. The van der Waals surface area contributed by atoms with Gasteiger partial charge in [-0.05, 0) is 30.3 Å². The predicted octanol–water partition coefficient (Wildman–Crippen LogP) is 3.09. The van der Waals surface area contributed by atoms with Crippen LogP contribution in [0.3, 0.4) is 0 Å². The van der Waals surface area contributed by atoms with Crippen LogP contribution in [0.1, 0.15) is 0 Å². The first-order chi connectivity index (χ1) is 11.1. The van der Waals surface area contributed by atoms with Crippen LogP contribution >= 0.6 is 15.9 Å². The minimum atomic E-state index is -3.63. The second-order valence-corrected chi connectivity index (χ2v) is 7.78. The van der Waals surface area contributed by atoms with Crippen molar-refractivity contribution in [2.75, 3.05) is 35.9 Å². The zero-order valence-electron chi connectivity index (χ0n) is 12.4. The fourth-order valence-electron chi connectivity index (χ4n) is 2.48. The Balaban J connectivity index is 1.90. The van der Waals surface area contributed by atoms with Crippen LogP contribution in [-0.4, -0.2) is 34.7 Å². The molecule has 0 saturated carbocycles. The monoisotopic (exact) mass is 396 g/mol. The minimum absolute atomic E-state index is 0.226. The molecule has 1 aliphatic rings. The largest absolute Gasteiger partial charge is 0.378 e. The molecule has 1 N–H and O–H groups in total. The van der Waals surface area contributed by atoms with Crippen LogP contribution in [0.2, 0.25) is 0 Å². The Morgan fingerprint density at radius 1 is 1.04 bits per heavy atom. The van der Waals surface area contributed by atoms with Gasteiger partial charge in [0, 0.05) is 17.6 Å². The van der Waals surface area contributed by atoms with Gasteiger partial charge in [0.25, 0.3) is 10.0 Å². The topological polar surface area (TPSA) is 58.6 Å². The van der Waals surface area contributed by atoms with Crippen molar-refractivity contribution < 1.29 is 13.2 Å². The van der Waals surface area contributed by atoms with Crippen molar-refractivity contribution in [3.63, 3.8) is 0 Å². The molecule has 1 heterocycles. The van der Waals surface area contributed by atoms with Crippen molar-refractivity contribution in [1.29, 1.82) is 0 Å².